The van der Waals surface area contributed by atoms with E-state index in [2.05, 4.69) is 6.07 Å². The fraction of sp³-hybridized carbons (Fsp3) is 0.350. The largest absolute Gasteiger partial charge is 0.372 e. The highest BCUT2D eigenvalue weighted by Crippen LogP contribution is 2.77. The summed E-state index contributed by atoms with van der Waals surface area (Å²) in [5.74, 6) is -0.733. The van der Waals surface area contributed by atoms with Crippen molar-refractivity contribution in [3.63, 3.8) is 0 Å². The second kappa shape index (κ2) is 6.99. The molecule has 6 nitrogen and oxygen atoms in total. The molecular formula is C20H16N6. The molecule has 2 rings (SSSR count). The maximum atomic E-state index is 10.1. The Morgan fingerprint density at radius 3 is 1.85 bits per heavy atom. The minimum atomic E-state index is -1.65. The Labute approximate surface area is 153 Å². The fourth-order valence-electron chi connectivity index (χ4n) is 3.76. The Bertz CT molecular complexity index is 908. The minimum Gasteiger partial charge on any atom is -0.372 e. The molecule has 1 aromatic carbocycles. The van der Waals surface area contributed by atoms with E-state index in [1.165, 1.54) is 0 Å². The van der Waals surface area contributed by atoms with Gasteiger partial charge in [0, 0.05) is 19.0 Å². The van der Waals surface area contributed by atoms with Crippen LogP contribution in [0.5, 0.6) is 0 Å². The summed E-state index contributed by atoms with van der Waals surface area (Å²) in [6, 6.07) is 18.7. The van der Waals surface area contributed by atoms with Crippen molar-refractivity contribution in [2.45, 2.75) is 19.8 Å². The second-order valence-electron chi connectivity index (χ2n) is 5.91. The predicted octanol–water partition coefficient (Wildman–Crippen LogP) is 2.97. The third kappa shape index (κ3) is 2.20. The molecule has 1 aromatic rings. The highest BCUT2D eigenvalue weighted by atomic mass is 15.2. The summed E-state index contributed by atoms with van der Waals surface area (Å²) < 4.78 is 0. The van der Waals surface area contributed by atoms with Crippen molar-refractivity contribution in [1.29, 1.82) is 26.3 Å². The first kappa shape index (κ1) is 18.5. The Kier molecular flexibility index (Phi) is 4.98. The summed E-state index contributed by atoms with van der Waals surface area (Å²) >= 11 is 0. The molecular weight excluding hydrogens is 324 g/mol. The van der Waals surface area contributed by atoms with Gasteiger partial charge >= 0.3 is 0 Å². The quantitative estimate of drug-likeness (QED) is 0.759. The van der Waals surface area contributed by atoms with Gasteiger partial charge in [-0.3, -0.25) is 0 Å². The first-order chi connectivity index (χ1) is 12.6. The molecule has 126 valence electrons. The van der Waals surface area contributed by atoms with E-state index in [9.17, 15) is 26.3 Å². The van der Waals surface area contributed by atoms with E-state index in [0.717, 1.165) is 0 Å². The summed E-state index contributed by atoms with van der Waals surface area (Å²) in [6.07, 6.45) is 0. The zero-order chi connectivity index (χ0) is 19.4. The molecule has 1 saturated carbocycles. The van der Waals surface area contributed by atoms with Crippen LogP contribution in [0.25, 0.3) is 0 Å². The average Bonchev–Trinajstić information content (AvgIpc) is 3.32. The molecule has 0 radical (unpaired) electrons. The van der Waals surface area contributed by atoms with Crippen LogP contribution in [-0.2, 0) is 0 Å². The van der Waals surface area contributed by atoms with Crippen LogP contribution in [0, 0.1) is 67.5 Å². The number of hydrogen-bond acceptors (Lipinski definition) is 6. The van der Waals surface area contributed by atoms with Crippen molar-refractivity contribution in [2.24, 2.45) is 10.8 Å². The van der Waals surface area contributed by atoms with Gasteiger partial charge in [0.2, 0.25) is 0 Å². The summed E-state index contributed by atoms with van der Waals surface area (Å²) in [5, 5.41) is 48.7. The van der Waals surface area contributed by atoms with Gasteiger partial charge in [0.05, 0.1) is 23.9 Å². The molecule has 0 unspecified atom stereocenters. The SMILES string of the molecule is CCN(CC)C(=C(C#N)C#N)[C@]1(C#N)[C@@H](c2ccccc2)C1(C#N)C#N. The van der Waals surface area contributed by atoms with Crippen LogP contribution >= 0.6 is 0 Å². The third-order valence-corrected chi connectivity index (χ3v) is 4.98. The van der Waals surface area contributed by atoms with Crippen LogP contribution in [0.2, 0.25) is 0 Å². The first-order valence-corrected chi connectivity index (χ1v) is 8.17. The Balaban J connectivity index is 2.89. The molecule has 0 amide bonds. The number of hydrogen-bond donors (Lipinski definition) is 0. The zero-order valence-electron chi connectivity index (χ0n) is 14.6. The van der Waals surface area contributed by atoms with E-state index in [4.69, 9.17) is 0 Å². The van der Waals surface area contributed by atoms with Crippen molar-refractivity contribution >= 4 is 0 Å². The summed E-state index contributed by atoms with van der Waals surface area (Å²) in [6.45, 7) is 4.55. The van der Waals surface area contributed by atoms with Gasteiger partial charge in [-0.05, 0) is 19.4 Å². The van der Waals surface area contributed by atoms with Crippen LogP contribution in [0.15, 0.2) is 41.6 Å². The lowest BCUT2D eigenvalue weighted by Gasteiger charge is -2.28. The number of allylic oxidation sites excluding steroid dienone is 2. The van der Waals surface area contributed by atoms with E-state index in [1.807, 2.05) is 38.1 Å². The maximum absolute atomic E-state index is 10.1. The summed E-state index contributed by atoms with van der Waals surface area (Å²) in [7, 11) is 0. The molecule has 0 heterocycles. The zero-order valence-corrected chi connectivity index (χ0v) is 14.6. The highest BCUT2D eigenvalue weighted by molar-refractivity contribution is 5.63. The standard InChI is InChI=1S/C20H16N6/c1-3-26(4-2)18(16(10-21)11-22)20(14-25)17(19(20,12-23)13-24)15-8-6-5-7-9-15/h5-9,17H,3-4H2,1-2H3/t17-,20-/m0/s1. The van der Waals surface area contributed by atoms with E-state index >= 15 is 0 Å². The monoisotopic (exact) mass is 340 g/mol. The molecule has 0 saturated heterocycles. The second-order valence-corrected chi connectivity index (χ2v) is 5.91. The maximum Gasteiger partial charge on any atom is 0.177 e. The van der Waals surface area contributed by atoms with Crippen LogP contribution in [0.3, 0.4) is 0 Å². The number of nitrogens with zero attached hydrogens (tertiary/aromatic N) is 6. The van der Waals surface area contributed by atoms with Gasteiger partial charge in [0.15, 0.2) is 11.0 Å². The number of benzene rings is 1. The van der Waals surface area contributed by atoms with Gasteiger partial charge in [-0.15, -0.1) is 0 Å². The van der Waals surface area contributed by atoms with Gasteiger partial charge in [-0.1, -0.05) is 30.3 Å². The Hall–Kier alpha value is -3.79. The lowest BCUT2D eigenvalue weighted by Crippen LogP contribution is -2.31. The van der Waals surface area contributed by atoms with Crippen molar-refractivity contribution in [3.05, 3.63) is 47.2 Å². The van der Waals surface area contributed by atoms with Crippen LogP contribution < -0.4 is 0 Å². The molecule has 1 fully saturated rings. The molecule has 0 spiro atoms. The Morgan fingerprint density at radius 1 is 0.923 bits per heavy atom. The lowest BCUT2D eigenvalue weighted by atomic mass is 9.88. The van der Waals surface area contributed by atoms with E-state index < -0.39 is 16.7 Å². The molecule has 0 bridgehead atoms. The molecule has 2 atom stereocenters. The molecule has 0 N–H and O–H groups in total. The number of nitriles is 5. The van der Waals surface area contributed by atoms with Crippen molar-refractivity contribution in [1.82, 2.24) is 4.90 Å². The minimum absolute atomic E-state index is 0.173. The summed E-state index contributed by atoms with van der Waals surface area (Å²) in [5.41, 5.74) is -2.61. The Morgan fingerprint density at radius 2 is 1.46 bits per heavy atom. The smallest absolute Gasteiger partial charge is 0.177 e. The normalized spacial score (nSPS) is 21.7. The highest BCUT2D eigenvalue weighted by Gasteiger charge is 2.83. The van der Waals surface area contributed by atoms with E-state index in [0.29, 0.717) is 18.7 Å². The summed E-state index contributed by atoms with van der Waals surface area (Å²) in [4.78, 5) is 1.72. The van der Waals surface area contributed by atoms with Gasteiger partial charge in [-0.2, -0.15) is 26.3 Å². The van der Waals surface area contributed by atoms with Crippen molar-refractivity contribution < 1.29 is 0 Å². The van der Waals surface area contributed by atoms with Crippen molar-refractivity contribution in [3.8, 4) is 30.3 Å². The van der Waals surface area contributed by atoms with Gasteiger partial charge in [0.1, 0.15) is 17.6 Å². The van der Waals surface area contributed by atoms with Gasteiger partial charge < -0.3 is 4.90 Å². The van der Waals surface area contributed by atoms with E-state index in [-0.39, 0.29) is 11.3 Å². The fourth-order valence-corrected chi connectivity index (χ4v) is 3.76. The first-order valence-electron chi connectivity index (χ1n) is 8.17. The van der Waals surface area contributed by atoms with Gasteiger partial charge in [-0.25, -0.2) is 0 Å². The van der Waals surface area contributed by atoms with Crippen LogP contribution in [-0.4, -0.2) is 18.0 Å². The molecule has 1 aliphatic rings. The lowest BCUT2D eigenvalue weighted by molar-refractivity contribution is 0.330. The third-order valence-electron chi connectivity index (χ3n) is 4.98. The van der Waals surface area contributed by atoms with Crippen LogP contribution in [0.1, 0.15) is 25.3 Å². The molecule has 0 aromatic heterocycles. The van der Waals surface area contributed by atoms with Crippen LogP contribution in [0.4, 0.5) is 0 Å². The molecule has 0 aliphatic heterocycles. The topological polar surface area (TPSA) is 122 Å². The number of rotatable bonds is 5. The van der Waals surface area contributed by atoms with Crippen molar-refractivity contribution in [2.75, 3.05) is 13.1 Å². The molecule has 6 heteroatoms. The molecule has 26 heavy (non-hydrogen) atoms. The molecule has 1 aliphatic carbocycles. The van der Waals surface area contributed by atoms with E-state index in [1.54, 1.807) is 35.2 Å². The predicted molar refractivity (Wildman–Crippen MR) is 92.1 cm³/mol. The average molecular weight is 340 g/mol. The van der Waals surface area contributed by atoms with Gasteiger partial charge in [0.25, 0.3) is 0 Å².